The normalized spacial score (nSPS) is 17.8. The molecule has 5 rings (SSSR count). The van der Waals surface area contributed by atoms with E-state index >= 15 is 0 Å². The van der Waals surface area contributed by atoms with Gasteiger partial charge in [-0.3, -0.25) is 4.79 Å². The number of ether oxygens (including phenoxy) is 1. The van der Waals surface area contributed by atoms with Crippen molar-refractivity contribution in [1.82, 2.24) is 9.78 Å². The summed E-state index contributed by atoms with van der Waals surface area (Å²) in [6.07, 6.45) is 6.75. The molecule has 3 aromatic carbocycles. The lowest BCUT2D eigenvalue weighted by Gasteiger charge is -2.35. The molecule has 216 valence electrons. The molecule has 0 aliphatic heterocycles. The number of carboxylic acid groups (broad SMARTS) is 2. The zero-order valence-corrected chi connectivity index (χ0v) is 24.9. The molecule has 0 saturated carbocycles. The molecule has 2 atom stereocenters. The standard InChI is InChI=1S/C23H20Cl2O5S.C9H8N2/c1-23(22(28)29)11-18(31-17-8-15(24)7-16(25)9-17)10-19(21(26)27)20(23)13-30-12-14-5-3-2-4-6-14;1-2-5-9(6-3-1)11-8-4-7-10-11/h2-11,20H,12-13H2,1H3,(H,26,27)(H,28,29);1-8H. The highest BCUT2D eigenvalue weighted by atomic mass is 35.5. The monoisotopic (exact) mass is 622 g/mol. The molecule has 0 amide bonds. The molecule has 2 unspecified atom stereocenters. The van der Waals surface area contributed by atoms with E-state index in [2.05, 4.69) is 5.10 Å². The van der Waals surface area contributed by atoms with Crippen LogP contribution >= 0.6 is 35.0 Å². The molecule has 1 aromatic heterocycles. The van der Waals surface area contributed by atoms with Crippen LogP contribution in [-0.2, 0) is 20.9 Å². The summed E-state index contributed by atoms with van der Waals surface area (Å²) in [7, 11) is 0. The number of nitrogens with zero attached hydrogens (tertiary/aromatic N) is 2. The molecule has 0 radical (unpaired) electrons. The first-order valence-electron chi connectivity index (χ1n) is 12.9. The molecule has 0 spiro atoms. The lowest BCUT2D eigenvalue weighted by atomic mass is 9.70. The Kier molecular flexibility index (Phi) is 10.7. The Labute approximate surface area is 258 Å². The van der Waals surface area contributed by atoms with Crippen LogP contribution in [0.25, 0.3) is 5.69 Å². The molecule has 2 N–H and O–H groups in total. The third-order valence-electron chi connectivity index (χ3n) is 6.54. The first-order valence-corrected chi connectivity index (χ1v) is 14.4. The Bertz CT molecular complexity index is 1560. The van der Waals surface area contributed by atoms with Gasteiger partial charge in [0.25, 0.3) is 0 Å². The van der Waals surface area contributed by atoms with Gasteiger partial charge in [-0.1, -0.05) is 89.6 Å². The lowest BCUT2D eigenvalue weighted by molar-refractivity contribution is -0.149. The third-order valence-corrected chi connectivity index (χ3v) is 7.92. The molecule has 0 fully saturated rings. The van der Waals surface area contributed by atoms with Crippen molar-refractivity contribution < 1.29 is 24.5 Å². The first-order chi connectivity index (χ1) is 20.2. The molecule has 0 saturated heterocycles. The number of carboxylic acids is 2. The summed E-state index contributed by atoms with van der Waals surface area (Å²) in [4.78, 5) is 25.4. The minimum absolute atomic E-state index is 0.0175. The average Bonchev–Trinajstić information content (AvgIpc) is 3.50. The van der Waals surface area contributed by atoms with Crippen LogP contribution in [0.1, 0.15) is 12.5 Å². The number of hydrogen-bond donors (Lipinski definition) is 2. The van der Waals surface area contributed by atoms with Gasteiger partial charge in [0, 0.05) is 43.7 Å². The quantitative estimate of drug-likeness (QED) is 0.196. The maximum absolute atomic E-state index is 12.2. The Morgan fingerprint density at radius 1 is 0.976 bits per heavy atom. The Morgan fingerprint density at radius 3 is 2.19 bits per heavy atom. The van der Waals surface area contributed by atoms with Crippen molar-refractivity contribution in [1.29, 1.82) is 0 Å². The van der Waals surface area contributed by atoms with Crippen LogP contribution in [0.15, 0.2) is 125 Å². The number of hydrogen-bond acceptors (Lipinski definition) is 5. The van der Waals surface area contributed by atoms with E-state index in [1.54, 1.807) is 30.5 Å². The highest BCUT2D eigenvalue weighted by molar-refractivity contribution is 8.03. The van der Waals surface area contributed by atoms with E-state index in [0.29, 0.717) is 19.8 Å². The van der Waals surface area contributed by atoms with Crippen LogP contribution in [0.3, 0.4) is 0 Å². The number of aliphatic carboxylic acids is 2. The highest BCUT2D eigenvalue weighted by Gasteiger charge is 2.46. The molecule has 1 heterocycles. The van der Waals surface area contributed by atoms with E-state index in [4.69, 9.17) is 27.9 Å². The van der Waals surface area contributed by atoms with Gasteiger partial charge in [0.2, 0.25) is 0 Å². The number of thioether (sulfide) groups is 1. The minimum Gasteiger partial charge on any atom is -0.481 e. The Morgan fingerprint density at radius 2 is 1.62 bits per heavy atom. The average molecular weight is 624 g/mol. The zero-order valence-electron chi connectivity index (χ0n) is 22.6. The first kappa shape index (κ1) is 31.1. The summed E-state index contributed by atoms with van der Waals surface area (Å²) < 4.78 is 7.57. The Balaban J connectivity index is 0.000000305. The van der Waals surface area contributed by atoms with E-state index in [-0.39, 0.29) is 18.8 Å². The van der Waals surface area contributed by atoms with Crippen LogP contribution in [-0.4, -0.2) is 38.5 Å². The summed E-state index contributed by atoms with van der Waals surface area (Å²) in [5.74, 6) is -3.18. The van der Waals surface area contributed by atoms with Gasteiger partial charge in [-0.2, -0.15) is 5.10 Å². The van der Waals surface area contributed by atoms with Gasteiger partial charge >= 0.3 is 11.9 Å². The largest absolute Gasteiger partial charge is 0.481 e. The number of allylic oxidation sites excluding steroid dienone is 1. The van der Waals surface area contributed by atoms with Crippen LogP contribution in [0.4, 0.5) is 0 Å². The number of aromatic nitrogens is 2. The van der Waals surface area contributed by atoms with Gasteiger partial charge in [0.15, 0.2) is 0 Å². The van der Waals surface area contributed by atoms with Crippen molar-refractivity contribution in [3.63, 3.8) is 0 Å². The summed E-state index contributed by atoms with van der Waals surface area (Å²) in [5, 5.41) is 24.8. The van der Waals surface area contributed by atoms with E-state index in [0.717, 1.165) is 11.3 Å². The van der Waals surface area contributed by atoms with Gasteiger partial charge in [-0.15, -0.1) is 0 Å². The third kappa shape index (κ3) is 8.14. The van der Waals surface area contributed by atoms with Crippen LogP contribution in [0.5, 0.6) is 0 Å². The fraction of sp³-hybridized carbons (Fsp3) is 0.156. The lowest BCUT2D eigenvalue weighted by Crippen LogP contribution is -2.41. The SMILES string of the molecule is CC1(C(=O)O)C=C(Sc2cc(Cl)cc(Cl)c2)C=C(C(=O)O)C1COCc1ccccc1.c1ccc(-n2cccn2)cc1. The van der Waals surface area contributed by atoms with Gasteiger partial charge in [-0.25, -0.2) is 9.48 Å². The van der Waals surface area contributed by atoms with Crippen molar-refractivity contribution in [2.75, 3.05) is 6.61 Å². The number of para-hydroxylation sites is 1. The molecular weight excluding hydrogens is 595 g/mol. The number of benzene rings is 3. The second-order valence-corrected chi connectivity index (χ2v) is 11.6. The predicted octanol–water partition coefficient (Wildman–Crippen LogP) is 7.79. The molecule has 1 aliphatic rings. The van der Waals surface area contributed by atoms with Gasteiger partial charge in [0.1, 0.15) is 0 Å². The minimum atomic E-state index is -1.47. The molecule has 0 bridgehead atoms. The predicted molar refractivity (Wildman–Crippen MR) is 165 cm³/mol. The molecule has 10 heteroatoms. The van der Waals surface area contributed by atoms with E-state index in [1.165, 1.54) is 24.8 Å². The van der Waals surface area contributed by atoms with Crippen molar-refractivity contribution in [2.24, 2.45) is 11.3 Å². The highest BCUT2D eigenvalue weighted by Crippen LogP contribution is 2.45. The van der Waals surface area contributed by atoms with Crippen molar-refractivity contribution in [3.05, 3.63) is 136 Å². The fourth-order valence-corrected chi connectivity index (χ4v) is 6.14. The van der Waals surface area contributed by atoms with E-state index in [9.17, 15) is 19.8 Å². The topological polar surface area (TPSA) is 102 Å². The number of halogens is 2. The van der Waals surface area contributed by atoms with Gasteiger partial charge < -0.3 is 14.9 Å². The van der Waals surface area contributed by atoms with Crippen molar-refractivity contribution in [2.45, 2.75) is 18.4 Å². The smallest absolute Gasteiger partial charge is 0.332 e. The molecular formula is C32H28Cl2N2O5S. The molecule has 1 aliphatic carbocycles. The van der Waals surface area contributed by atoms with Crippen molar-refractivity contribution >= 4 is 46.9 Å². The van der Waals surface area contributed by atoms with Crippen LogP contribution in [0, 0.1) is 11.3 Å². The summed E-state index contributed by atoms with van der Waals surface area (Å²) in [5.41, 5.74) is 0.526. The molecule has 7 nitrogen and oxygen atoms in total. The second kappa shape index (κ2) is 14.4. The van der Waals surface area contributed by atoms with E-state index in [1.807, 2.05) is 77.6 Å². The van der Waals surface area contributed by atoms with E-state index < -0.39 is 23.3 Å². The Hall–Kier alpha value is -3.82. The van der Waals surface area contributed by atoms with Crippen LogP contribution < -0.4 is 0 Å². The van der Waals surface area contributed by atoms with Gasteiger partial charge in [0.05, 0.1) is 24.3 Å². The molecule has 42 heavy (non-hydrogen) atoms. The molecule has 4 aromatic rings. The zero-order chi connectivity index (χ0) is 30.1. The van der Waals surface area contributed by atoms with Crippen LogP contribution in [0.2, 0.25) is 10.0 Å². The van der Waals surface area contributed by atoms with Crippen molar-refractivity contribution in [3.8, 4) is 5.69 Å². The van der Waals surface area contributed by atoms with Gasteiger partial charge in [-0.05, 0) is 55.0 Å². The summed E-state index contributed by atoms with van der Waals surface area (Å²) >= 11 is 13.3. The number of rotatable bonds is 9. The maximum atomic E-state index is 12.2. The summed E-state index contributed by atoms with van der Waals surface area (Å²) in [6.45, 7) is 1.72. The number of carbonyl (C=O) groups is 2. The summed E-state index contributed by atoms with van der Waals surface area (Å²) in [6, 6.07) is 26.3. The fourth-order valence-electron chi connectivity index (χ4n) is 4.35. The second-order valence-electron chi connectivity index (χ2n) is 9.59. The maximum Gasteiger partial charge on any atom is 0.332 e.